The summed E-state index contributed by atoms with van der Waals surface area (Å²) in [6.07, 6.45) is 0. The molecule has 3 rings (SSSR count). The zero-order valence-electron chi connectivity index (χ0n) is 15.5. The molecule has 0 unspecified atom stereocenters. The SMILES string of the molecule is Cc1ccc(C(=O)NNC(=O)COc2ccc(-c3ccccc3)cc2Br)cc1Br. The Morgan fingerprint density at radius 3 is 2.31 bits per heavy atom. The van der Waals surface area contributed by atoms with Crippen LogP contribution in [0.4, 0.5) is 0 Å². The Morgan fingerprint density at radius 2 is 1.62 bits per heavy atom. The Bertz CT molecular complexity index is 1040. The molecule has 0 spiro atoms. The fraction of sp³-hybridized carbons (Fsp3) is 0.0909. The van der Waals surface area contributed by atoms with Crippen molar-refractivity contribution >= 4 is 43.7 Å². The standard InChI is InChI=1S/C22H18Br2N2O3/c1-14-7-8-17(12-18(14)23)22(28)26-25-21(27)13-29-20-10-9-16(11-19(20)24)15-5-3-2-4-6-15/h2-12H,13H2,1H3,(H,25,27)(H,26,28). The number of hydrazine groups is 1. The van der Waals surface area contributed by atoms with Crippen LogP contribution in [0.3, 0.4) is 0 Å². The maximum absolute atomic E-state index is 12.1. The third-order valence-corrected chi connectivity index (χ3v) is 5.62. The summed E-state index contributed by atoms with van der Waals surface area (Å²) in [5.74, 6) is -0.343. The molecule has 0 bridgehead atoms. The molecule has 0 radical (unpaired) electrons. The van der Waals surface area contributed by atoms with Crippen LogP contribution >= 0.6 is 31.9 Å². The van der Waals surface area contributed by atoms with Gasteiger partial charge in [-0.05, 0) is 63.8 Å². The Hall–Kier alpha value is -2.64. The number of carbonyl (C=O) groups is 2. The highest BCUT2D eigenvalue weighted by Gasteiger charge is 2.10. The van der Waals surface area contributed by atoms with Crippen LogP contribution in [-0.2, 0) is 4.79 Å². The number of nitrogens with one attached hydrogen (secondary N) is 2. The Kier molecular flexibility index (Phi) is 7.06. The monoisotopic (exact) mass is 516 g/mol. The highest BCUT2D eigenvalue weighted by Crippen LogP contribution is 2.30. The van der Waals surface area contributed by atoms with Crippen molar-refractivity contribution in [3.05, 3.63) is 86.8 Å². The predicted molar refractivity (Wildman–Crippen MR) is 120 cm³/mol. The van der Waals surface area contributed by atoms with E-state index in [2.05, 4.69) is 42.7 Å². The summed E-state index contributed by atoms with van der Waals surface area (Å²) in [6.45, 7) is 1.69. The molecule has 0 atom stereocenters. The molecule has 7 heteroatoms. The number of rotatable bonds is 5. The van der Waals surface area contributed by atoms with Crippen molar-refractivity contribution in [1.82, 2.24) is 10.9 Å². The van der Waals surface area contributed by atoms with Crippen LogP contribution in [0.1, 0.15) is 15.9 Å². The number of hydrogen-bond donors (Lipinski definition) is 2. The second kappa shape index (κ2) is 9.71. The molecule has 29 heavy (non-hydrogen) atoms. The van der Waals surface area contributed by atoms with Crippen molar-refractivity contribution in [3.63, 3.8) is 0 Å². The Labute approximate surface area is 185 Å². The van der Waals surface area contributed by atoms with E-state index in [1.165, 1.54) is 0 Å². The first-order chi connectivity index (χ1) is 13.9. The van der Waals surface area contributed by atoms with Gasteiger partial charge in [0.25, 0.3) is 11.8 Å². The molecule has 2 N–H and O–H groups in total. The maximum atomic E-state index is 12.1. The van der Waals surface area contributed by atoms with Gasteiger partial charge in [0.15, 0.2) is 6.61 Å². The van der Waals surface area contributed by atoms with Crippen molar-refractivity contribution in [1.29, 1.82) is 0 Å². The number of ether oxygens (including phenoxy) is 1. The lowest BCUT2D eigenvalue weighted by Gasteiger charge is -2.11. The van der Waals surface area contributed by atoms with Crippen LogP contribution in [0.25, 0.3) is 11.1 Å². The van der Waals surface area contributed by atoms with Crippen LogP contribution in [0.15, 0.2) is 75.7 Å². The topological polar surface area (TPSA) is 67.4 Å². The van der Waals surface area contributed by atoms with Crippen LogP contribution in [0, 0.1) is 6.92 Å². The van der Waals surface area contributed by atoms with Crippen LogP contribution in [0.2, 0.25) is 0 Å². The molecule has 148 valence electrons. The van der Waals surface area contributed by atoms with Crippen molar-refractivity contribution in [2.75, 3.05) is 6.61 Å². The van der Waals surface area contributed by atoms with Gasteiger partial charge in [-0.2, -0.15) is 0 Å². The van der Waals surface area contributed by atoms with E-state index < -0.39 is 11.8 Å². The Balaban J connectivity index is 1.52. The maximum Gasteiger partial charge on any atom is 0.276 e. The molecule has 0 aliphatic heterocycles. The van der Waals surface area contributed by atoms with Gasteiger partial charge in [0.05, 0.1) is 4.47 Å². The molecular weight excluding hydrogens is 500 g/mol. The lowest BCUT2D eigenvalue weighted by Crippen LogP contribution is -2.43. The highest BCUT2D eigenvalue weighted by molar-refractivity contribution is 9.10. The molecule has 0 saturated carbocycles. The lowest BCUT2D eigenvalue weighted by molar-refractivity contribution is -0.123. The second-order valence-corrected chi connectivity index (χ2v) is 7.97. The molecule has 0 saturated heterocycles. The molecule has 2 amide bonds. The molecule has 0 heterocycles. The number of benzene rings is 3. The zero-order valence-corrected chi connectivity index (χ0v) is 18.7. The van der Waals surface area contributed by atoms with Gasteiger partial charge in [-0.3, -0.25) is 20.4 Å². The predicted octanol–water partition coefficient (Wildman–Crippen LogP) is 5.03. The van der Waals surface area contributed by atoms with Crippen molar-refractivity contribution < 1.29 is 14.3 Å². The van der Waals surface area contributed by atoms with Crippen LogP contribution in [0.5, 0.6) is 5.75 Å². The van der Waals surface area contributed by atoms with Crippen molar-refractivity contribution in [2.45, 2.75) is 6.92 Å². The minimum absolute atomic E-state index is 0.235. The highest BCUT2D eigenvalue weighted by atomic mass is 79.9. The summed E-state index contributed by atoms with van der Waals surface area (Å²) in [7, 11) is 0. The molecule has 0 aliphatic rings. The van der Waals surface area contributed by atoms with E-state index in [0.717, 1.165) is 25.6 Å². The number of carbonyl (C=O) groups excluding carboxylic acids is 2. The molecule has 0 fully saturated rings. The molecule has 3 aromatic carbocycles. The molecular formula is C22H18Br2N2O3. The summed E-state index contributed by atoms with van der Waals surface area (Å²) < 4.78 is 7.10. The summed E-state index contributed by atoms with van der Waals surface area (Å²) in [5, 5.41) is 0. The third kappa shape index (κ3) is 5.68. The summed E-state index contributed by atoms with van der Waals surface area (Å²) in [4.78, 5) is 24.1. The number of aryl methyl sites for hydroxylation is 1. The van der Waals surface area contributed by atoms with E-state index in [0.29, 0.717) is 11.3 Å². The van der Waals surface area contributed by atoms with E-state index in [9.17, 15) is 9.59 Å². The van der Waals surface area contributed by atoms with Gasteiger partial charge in [-0.15, -0.1) is 0 Å². The van der Waals surface area contributed by atoms with Gasteiger partial charge in [0.2, 0.25) is 0 Å². The Morgan fingerprint density at radius 1 is 0.862 bits per heavy atom. The molecule has 3 aromatic rings. The fourth-order valence-corrected chi connectivity index (χ4v) is 3.41. The quantitative estimate of drug-likeness (QED) is 0.466. The number of halogens is 2. The average molecular weight is 518 g/mol. The minimum atomic E-state index is -0.469. The van der Waals surface area contributed by atoms with Crippen LogP contribution < -0.4 is 15.6 Å². The smallest absolute Gasteiger partial charge is 0.276 e. The van der Waals surface area contributed by atoms with E-state index in [-0.39, 0.29) is 6.61 Å². The average Bonchev–Trinajstić information content (AvgIpc) is 2.73. The fourth-order valence-electron chi connectivity index (χ4n) is 2.54. The van der Waals surface area contributed by atoms with Gasteiger partial charge < -0.3 is 4.74 Å². The number of amides is 2. The van der Waals surface area contributed by atoms with Crippen molar-refractivity contribution in [2.24, 2.45) is 0 Å². The third-order valence-electron chi connectivity index (χ3n) is 4.15. The van der Waals surface area contributed by atoms with E-state index >= 15 is 0 Å². The van der Waals surface area contributed by atoms with Gasteiger partial charge in [-0.25, -0.2) is 0 Å². The zero-order chi connectivity index (χ0) is 20.8. The summed E-state index contributed by atoms with van der Waals surface area (Å²) in [5.41, 5.74) is 8.29. The van der Waals surface area contributed by atoms with Gasteiger partial charge in [-0.1, -0.05) is 58.4 Å². The number of hydrogen-bond acceptors (Lipinski definition) is 3. The van der Waals surface area contributed by atoms with Crippen molar-refractivity contribution in [3.8, 4) is 16.9 Å². The largest absolute Gasteiger partial charge is 0.483 e. The van der Waals surface area contributed by atoms with Gasteiger partial charge in [0, 0.05) is 10.0 Å². The van der Waals surface area contributed by atoms with Gasteiger partial charge in [0.1, 0.15) is 5.75 Å². The first-order valence-electron chi connectivity index (χ1n) is 8.77. The van der Waals surface area contributed by atoms with Crippen LogP contribution in [-0.4, -0.2) is 18.4 Å². The molecule has 0 aromatic heterocycles. The minimum Gasteiger partial charge on any atom is -0.483 e. The first-order valence-corrected chi connectivity index (χ1v) is 10.4. The first kappa shape index (κ1) is 21.1. The summed E-state index contributed by atoms with van der Waals surface area (Å²) in [6, 6.07) is 20.8. The van der Waals surface area contributed by atoms with E-state index in [4.69, 9.17) is 4.74 Å². The lowest BCUT2D eigenvalue weighted by atomic mass is 10.1. The molecule has 5 nitrogen and oxygen atoms in total. The summed E-state index contributed by atoms with van der Waals surface area (Å²) >= 11 is 6.85. The normalized spacial score (nSPS) is 10.3. The molecule has 0 aliphatic carbocycles. The van der Waals surface area contributed by atoms with E-state index in [1.807, 2.05) is 55.5 Å². The van der Waals surface area contributed by atoms with Gasteiger partial charge >= 0.3 is 0 Å². The van der Waals surface area contributed by atoms with E-state index in [1.54, 1.807) is 18.2 Å². The second-order valence-electron chi connectivity index (χ2n) is 6.27.